The molecule has 1 aliphatic heterocycles. The first-order chi connectivity index (χ1) is 13.0. The lowest BCUT2D eigenvalue weighted by Gasteiger charge is -2.29. The van der Waals surface area contributed by atoms with Gasteiger partial charge in [0.15, 0.2) is 5.82 Å². The number of benzene rings is 2. The first-order valence-corrected chi connectivity index (χ1v) is 10.4. The van der Waals surface area contributed by atoms with Gasteiger partial charge in [-0.3, -0.25) is 0 Å². The van der Waals surface area contributed by atoms with Crippen LogP contribution in [0.25, 0.3) is 11.5 Å². The molecule has 0 bridgehead atoms. The second-order valence-electron chi connectivity index (χ2n) is 6.82. The molecule has 0 spiro atoms. The molecular formula is C20H21N3O3S. The minimum Gasteiger partial charge on any atom is -0.334 e. The van der Waals surface area contributed by atoms with Gasteiger partial charge in [-0.25, -0.2) is 8.42 Å². The molecule has 140 valence electrons. The summed E-state index contributed by atoms with van der Waals surface area (Å²) >= 11 is 0. The molecule has 0 amide bonds. The Morgan fingerprint density at radius 1 is 1.04 bits per heavy atom. The third-order valence-corrected chi connectivity index (χ3v) is 6.82. The normalized spacial score (nSPS) is 16.5. The molecule has 2 aromatic carbocycles. The van der Waals surface area contributed by atoms with Crippen molar-refractivity contribution >= 4 is 10.0 Å². The van der Waals surface area contributed by atoms with E-state index in [1.807, 2.05) is 37.3 Å². The molecule has 0 radical (unpaired) electrons. The van der Waals surface area contributed by atoms with Gasteiger partial charge in [0.25, 0.3) is 5.89 Å². The lowest BCUT2D eigenvalue weighted by molar-refractivity contribution is 0.307. The number of hydrogen-bond acceptors (Lipinski definition) is 5. The first kappa shape index (κ1) is 17.9. The summed E-state index contributed by atoms with van der Waals surface area (Å²) in [4.78, 5) is 4.88. The van der Waals surface area contributed by atoms with Gasteiger partial charge in [-0.2, -0.15) is 9.29 Å². The minimum absolute atomic E-state index is 0.106. The van der Waals surface area contributed by atoms with Gasteiger partial charge in [-0.1, -0.05) is 41.1 Å². The number of hydrogen-bond donors (Lipinski definition) is 0. The summed E-state index contributed by atoms with van der Waals surface area (Å²) < 4.78 is 32.4. The number of aryl methyl sites for hydroxylation is 1. The molecule has 3 aromatic rings. The summed E-state index contributed by atoms with van der Waals surface area (Å²) in [6.07, 6.45) is 1.36. The number of rotatable bonds is 4. The Morgan fingerprint density at radius 3 is 2.48 bits per heavy atom. The van der Waals surface area contributed by atoms with Crippen molar-refractivity contribution < 1.29 is 12.9 Å². The van der Waals surface area contributed by atoms with Crippen molar-refractivity contribution in [3.63, 3.8) is 0 Å². The smallest absolute Gasteiger partial charge is 0.257 e. The van der Waals surface area contributed by atoms with Crippen molar-refractivity contribution in [1.29, 1.82) is 0 Å². The number of aromatic nitrogens is 2. The van der Waals surface area contributed by atoms with E-state index in [1.54, 1.807) is 28.6 Å². The third kappa shape index (κ3) is 3.65. The summed E-state index contributed by atoms with van der Waals surface area (Å²) in [6, 6.07) is 16.5. The highest BCUT2D eigenvalue weighted by Crippen LogP contribution is 2.30. The quantitative estimate of drug-likeness (QED) is 0.688. The van der Waals surface area contributed by atoms with Gasteiger partial charge in [0.05, 0.1) is 4.90 Å². The molecule has 1 aliphatic rings. The zero-order valence-corrected chi connectivity index (χ0v) is 15.9. The van der Waals surface area contributed by atoms with Crippen molar-refractivity contribution in [2.45, 2.75) is 30.6 Å². The van der Waals surface area contributed by atoms with Crippen LogP contribution in [0.4, 0.5) is 0 Å². The SMILES string of the molecule is Cc1cccc(-c2nc(C3CCN(S(=O)(=O)c4ccccc4)CC3)no2)c1. The monoisotopic (exact) mass is 383 g/mol. The second-order valence-corrected chi connectivity index (χ2v) is 8.76. The summed E-state index contributed by atoms with van der Waals surface area (Å²) in [5.41, 5.74) is 2.03. The topological polar surface area (TPSA) is 76.3 Å². The third-order valence-electron chi connectivity index (χ3n) is 4.91. The molecule has 6 nitrogen and oxygen atoms in total. The Balaban J connectivity index is 1.46. The molecule has 0 saturated carbocycles. The van der Waals surface area contributed by atoms with Crippen LogP contribution in [0.3, 0.4) is 0 Å². The van der Waals surface area contributed by atoms with Crippen LogP contribution in [0.2, 0.25) is 0 Å². The van der Waals surface area contributed by atoms with Crippen LogP contribution in [0.1, 0.15) is 30.1 Å². The van der Waals surface area contributed by atoms with Crippen LogP contribution >= 0.6 is 0 Å². The van der Waals surface area contributed by atoms with E-state index in [0.717, 1.165) is 11.1 Å². The molecule has 0 unspecified atom stereocenters. The Kier molecular flexibility index (Phi) is 4.80. The van der Waals surface area contributed by atoms with E-state index < -0.39 is 10.0 Å². The van der Waals surface area contributed by atoms with E-state index in [0.29, 0.717) is 42.5 Å². The molecule has 0 atom stereocenters. The van der Waals surface area contributed by atoms with E-state index in [4.69, 9.17) is 4.52 Å². The maximum atomic E-state index is 12.7. The summed E-state index contributed by atoms with van der Waals surface area (Å²) in [7, 11) is -3.44. The average Bonchev–Trinajstić information content (AvgIpc) is 3.19. The maximum absolute atomic E-state index is 12.7. The van der Waals surface area contributed by atoms with Gasteiger partial charge in [0.2, 0.25) is 10.0 Å². The van der Waals surface area contributed by atoms with Crippen molar-refractivity contribution in [3.05, 3.63) is 66.0 Å². The highest BCUT2D eigenvalue weighted by atomic mass is 32.2. The Morgan fingerprint density at radius 2 is 1.78 bits per heavy atom. The second kappa shape index (κ2) is 7.25. The molecular weight excluding hydrogens is 362 g/mol. The Bertz CT molecular complexity index is 1020. The summed E-state index contributed by atoms with van der Waals surface area (Å²) in [5.74, 6) is 1.27. The Hall–Kier alpha value is -2.51. The largest absolute Gasteiger partial charge is 0.334 e. The predicted octanol–water partition coefficient (Wildman–Crippen LogP) is 3.61. The van der Waals surface area contributed by atoms with Crippen LogP contribution in [-0.2, 0) is 10.0 Å². The zero-order valence-electron chi connectivity index (χ0n) is 15.1. The maximum Gasteiger partial charge on any atom is 0.257 e. The standard InChI is InChI=1S/C20H21N3O3S/c1-15-6-5-7-17(14-15)20-21-19(22-26-20)16-10-12-23(13-11-16)27(24,25)18-8-3-2-4-9-18/h2-9,14,16H,10-13H2,1H3. The summed E-state index contributed by atoms with van der Waals surface area (Å²) in [5, 5.41) is 4.14. The molecule has 4 rings (SSSR count). The van der Waals surface area contributed by atoms with Gasteiger partial charge in [-0.15, -0.1) is 0 Å². The van der Waals surface area contributed by atoms with Crippen molar-refractivity contribution in [2.75, 3.05) is 13.1 Å². The number of sulfonamides is 1. The molecule has 1 fully saturated rings. The Labute approximate surface area is 158 Å². The van der Waals surface area contributed by atoms with Gasteiger partial charge >= 0.3 is 0 Å². The number of piperidine rings is 1. The fraction of sp³-hybridized carbons (Fsp3) is 0.300. The molecule has 7 heteroatoms. The van der Waals surface area contributed by atoms with Gasteiger partial charge in [0.1, 0.15) is 0 Å². The number of nitrogens with zero attached hydrogens (tertiary/aromatic N) is 3. The van der Waals surface area contributed by atoms with E-state index in [9.17, 15) is 8.42 Å². The van der Waals surface area contributed by atoms with Crippen LogP contribution in [-0.4, -0.2) is 36.0 Å². The van der Waals surface area contributed by atoms with Crippen LogP contribution in [0.5, 0.6) is 0 Å². The average molecular weight is 383 g/mol. The molecule has 27 heavy (non-hydrogen) atoms. The molecule has 2 heterocycles. The van der Waals surface area contributed by atoms with Crippen LogP contribution < -0.4 is 0 Å². The van der Waals surface area contributed by atoms with Crippen molar-refractivity contribution in [2.24, 2.45) is 0 Å². The van der Waals surface area contributed by atoms with Gasteiger partial charge in [0, 0.05) is 24.6 Å². The highest BCUT2D eigenvalue weighted by Gasteiger charge is 2.31. The lowest BCUT2D eigenvalue weighted by Crippen LogP contribution is -2.38. The fourth-order valence-electron chi connectivity index (χ4n) is 3.39. The van der Waals surface area contributed by atoms with Crippen molar-refractivity contribution in [3.8, 4) is 11.5 Å². The van der Waals surface area contributed by atoms with Crippen LogP contribution in [0, 0.1) is 6.92 Å². The lowest BCUT2D eigenvalue weighted by atomic mass is 9.97. The molecule has 1 aromatic heterocycles. The highest BCUT2D eigenvalue weighted by molar-refractivity contribution is 7.89. The zero-order chi connectivity index (χ0) is 18.9. The van der Waals surface area contributed by atoms with E-state index in [-0.39, 0.29) is 5.92 Å². The predicted molar refractivity (Wildman–Crippen MR) is 102 cm³/mol. The van der Waals surface area contributed by atoms with Crippen molar-refractivity contribution in [1.82, 2.24) is 14.4 Å². The van der Waals surface area contributed by atoms with E-state index >= 15 is 0 Å². The molecule has 1 saturated heterocycles. The first-order valence-electron chi connectivity index (χ1n) is 9.00. The molecule has 0 N–H and O–H groups in total. The minimum atomic E-state index is -3.44. The summed E-state index contributed by atoms with van der Waals surface area (Å²) in [6.45, 7) is 2.93. The van der Waals surface area contributed by atoms with E-state index in [2.05, 4.69) is 10.1 Å². The van der Waals surface area contributed by atoms with Crippen LogP contribution in [0.15, 0.2) is 64.0 Å². The fourth-order valence-corrected chi connectivity index (χ4v) is 4.88. The van der Waals surface area contributed by atoms with E-state index in [1.165, 1.54) is 0 Å². The molecule has 0 aliphatic carbocycles. The van der Waals surface area contributed by atoms with Gasteiger partial charge < -0.3 is 4.52 Å². The van der Waals surface area contributed by atoms with Gasteiger partial charge in [-0.05, 0) is 44.0 Å².